The van der Waals surface area contributed by atoms with E-state index in [0.29, 0.717) is 0 Å². The fourth-order valence-electron chi connectivity index (χ4n) is 1.96. The van der Waals surface area contributed by atoms with Gasteiger partial charge in [-0.15, -0.1) is 0 Å². The quantitative estimate of drug-likeness (QED) is 0.838. The molecule has 0 saturated carbocycles. The van der Waals surface area contributed by atoms with E-state index in [1.807, 2.05) is 24.3 Å². The Balaban J connectivity index is 2.05. The van der Waals surface area contributed by atoms with Crippen LogP contribution in [0, 0.1) is 0 Å². The summed E-state index contributed by atoms with van der Waals surface area (Å²) in [4.78, 5) is 11.1. The summed E-state index contributed by atoms with van der Waals surface area (Å²) in [6.07, 6.45) is 2.38. The summed E-state index contributed by atoms with van der Waals surface area (Å²) < 4.78 is 5.91. The van der Waals surface area contributed by atoms with Crippen LogP contribution in [0.1, 0.15) is 19.8 Å². The first-order valence-electron chi connectivity index (χ1n) is 5.99. The molecule has 1 amide bonds. The lowest BCUT2D eigenvalue weighted by Gasteiger charge is -2.25. The van der Waals surface area contributed by atoms with Crippen LogP contribution in [0.5, 0.6) is 5.75 Å². The molecule has 0 aliphatic carbocycles. The Morgan fingerprint density at radius 3 is 3.00 bits per heavy atom. The van der Waals surface area contributed by atoms with E-state index in [-0.39, 0.29) is 12.0 Å². The van der Waals surface area contributed by atoms with Crippen molar-refractivity contribution in [2.75, 3.05) is 18.4 Å². The van der Waals surface area contributed by atoms with Crippen molar-refractivity contribution in [2.24, 2.45) is 0 Å². The molecule has 2 rings (SSSR count). The van der Waals surface area contributed by atoms with Gasteiger partial charge in [0.2, 0.25) is 5.91 Å². The minimum absolute atomic E-state index is 0.0807. The zero-order chi connectivity index (χ0) is 12.1. The van der Waals surface area contributed by atoms with Crippen LogP contribution in [-0.4, -0.2) is 25.1 Å². The van der Waals surface area contributed by atoms with E-state index in [1.54, 1.807) is 0 Å². The monoisotopic (exact) mass is 234 g/mol. The molecule has 4 heteroatoms. The fourth-order valence-corrected chi connectivity index (χ4v) is 1.96. The van der Waals surface area contributed by atoms with E-state index in [2.05, 4.69) is 10.6 Å². The van der Waals surface area contributed by atoms with Gasteiger partial charge in [-0.1, -0.05) is 12.1 Å². The van der Waals surface area contributed by atoms with Gasteiger partial charge in [0.1, 0.15) is 11.9 Å². The number of rotatable bonds is 3. The van der Waals surface area contributed by atoms with E-state index in [9.17, 15) is 4.79 Å². The Labute approximate surface area is 101 Å². The molecule has 0 radical (unpaired) electrons. The van der Waals surface area contributed by atoms with Crippen molar-refractivity contribution in [3.05, 3.63) is 24.3 Å². The summed E-state index contributed by atoms with van der Waals surface area (Å²) in [5, 5.41) is 6.08. The molecule has 4 nitrogen and oxygen atoms in total. The van der Waals surface area contributed by atoms with Crippen molar-refractivity contribution >= 4 is 11.6 Å². The van der Waals surface area contributed by atoms with Crippen LogP contribution in [0.25, 0.3) is 0 Å². The Morgan fingerprint density at radius 2 is 2.29 bits per heavy atom. The van der Waals surface area contributed by atoms with Gasteiger partial charge in [0.15, 0.2) is 0 Å². The van der Waals surface area contributed by atoms with Crippen molar-refractivity contribution in [3.8, 4) is 5.75 Å². The number of piperidine rings is 1. The van der Waals surface area contributed by atoms with E-state index >= 15 is 0 Å². The molecule has 0 aromatic heterocycles. The molecule has 92 valence electrons. The van der Waals surface area contributed by atoms with Crippen molar-refractivity contribution in [2.45, 2.75) is 25.9 Å². The van der Waals surface area contributed by atoms with Gasteiger partial charge < -0.3 is 15.4 Å². The highest BCUT2D eigenvalue weighted by atomic mass is 16.5. The molecular formula is C13H18N2O2. The topological polar surface area (TPSA) is 50.4 Å². The molecule has 0 bridgehead atoms. The molecule has 0 spiro atoms. The number of ether oxygens (including phenoxy) is 1. The molecule has 1 aliphatic heterocycles. The summed E-state index contributed by atoms with van der Waals surface area (Å²) >= 11 is 0. The number of amides is 1. The van der Waals surface area contributed by atoms with Gasteiger partial charge in [-0.05, 0) is 31.5 Å². The van der Waals surface area contributed by atoms with Crippen LogP contribution in [0.2, 0.25) is 0 Å². The van der Waals surface area contributed by atoms with Gasteiger partial charge in [-0.3, -0.25) is 4.79 Å². The van der Waals surface area contributed by atoms with Gasteiger partial charge in [-0.25, -0.2) is 0 Å². The normalized spacial score (nSPS) is 19.7. The number of carbonyl (C=O) groups is 1. The average molecular weight is 234 g/mol. The fraction of sp³-hybridized carbons (Fsp3) is 0.462. The third kappa shape index (κ3) is 3.46. The van der Waals surface area contributed by atoms with Gasteiger partial charge in [-0.2, -0.15) is 0 Å². The highest BCUT2D eigenvalue weighted by molar-refractivity contribution is 5.90. The van der Waals surface area contributed by atoms with Crippen LogP contribution in [-0.2, 0) is 4.79 Å². The second-order valence-electron chi connectivity index (χ2n) is 4.26. The number of para-hydroxylation sites is 2. The summed E-state index contributed by atoms with van der Waals surface area (Å²) in [5.74, 6) is 0.666. The standard InChI is InChI=1S/C13H18N2O2/c1-10(16)15-12-6-2-3-7-13(12)17-11-5-4-8-14-9-11/h2-3,6-7,11,14H,4-5,8-9H2,1H3,(H,15,16). The van der Waals surface area contributed by atoms with Crippen LogP contribution in [0.4, 0.5) is 5.69 Å². The molecular weight excluding hydrogens is 216 g/mol. The number of anilines is 1. The predicted molar refractivity (Wildman–Crippen MR) is 67.3 cm³/mol. The Hall–Kier alpha value is -1.55. The molecule has 1 atom stereocenters. The summed E-state index contributed by atoms with van der Waals surface area (Å²) in [7, 11) is 0. The van der Waals surface area contributed by atoms with Crippen LogP contribution < -0.4 is 15.4 Å². The lowest BCUT2D eigenvalue weighted by Crippen LogP contribution is -2.37. The second-order valence-corrected chi connectivity index (χ2v) is 4.26. The zero-order valence-electron chi connectivity index (χ0n) is 10.0. The highest BCUT2D eigenvalue weighted by Gasteiger charge is 2.15. The molecule has 1 heterocycles. The maximum atomic E-state index is 11.1. The number of nitrogens with one attached hydrogen (secondary N) is 2. The van der Waals surface area contributed by atoms with Gasteiger partial charge in [0.25, 0.3) is 0 Å². The number of hydrogen-bond acceptors (Lipinski definition) is 3. The molecule has 1 aromatic carbocycles. The smallest absolute Gasteiger partial charge is 0.221 e. The third-order valence-corrected chi connectivity index (χ3v) is 2.74. The molecule has 17 heavy (non-hydrogen) atoms. The van der Waals surface area contributed by atoms with Gasteiger partial charge in [0.05, 0.1) is 5.69 Å². The number of carbonyl (C=O) groups excluding carboxylic acids is 1. The lowest BCUT2D eigenvalue weighted by atomic mass is 10.1. The highest BCUT2D eigenvalue weighted by Crippen LogP contribution is 2.25. The van der Waals surface area contributed by atoms with E-state index in [4.69, 9.17) is 4.74 Å². The van der Waals surface area contributed by atoms with E-state index in [1.165, 1.54) is 6.92 Å². The molecule has 2 N–H and O–H groups in total. The van der Waals surface area contributed by atoms with Crippen LogP contribution in [0.3, 0.4) is 0 Å². The van der Waals surface area contributed by atoms with Crippen LogP contribution in [0.15, 0.2) is 24.3 Å². The lowest BCUT2D eigenvalue weighted by molar-refractivity contribution is -0.114. The largest absolute Gasteiger partial charge is 0.487 e. The summed E-state index contributed by atoms with van der Waals surface area (Å²) in [6, 6.07) is 7.54. The van der Waals surface area contributed by atoms with E-state index in [0.717, 1.165) is 37.4 Å². The first-order valence-corrected chi connectivity index (χ1v) is 5.99. The average Bonchev–Trinajstić information content (AvgIpc) is 2.32. The summed E-state index contributed by atoms with van der Waals surface area (Å²) in [5.41, 5.74) is 0.741. The minimum Gasteiger partial charge on any atom is -0.487 e. The molecule has 1 aliphatic rings. The van der Waals surface area contributed by atoms with Crippen LogP contribution >= 0.6 is 0 Å². The Bertz CT molecular complexity index is 387. The number of benzene rings is 1. The molecule has 1 fully saturated rings. The molecule has 1 aromatic rings. The van der Waals surface area contributed by atoms with Crippen molar-refractivity contribution in [3.63, 3.8) is 0 Å². The predicted octanol–water partition coefficient (Wildman–Crippen LogP) is 1.78. The Kier molecular flexibility index (Phi) is 3.98. The van der Waals surface area contributed by atoms with Crippen molar-refractivity contribution < 1.29 is 9.53 Å². The Morgan fingerprint density at radius 1 is 1.47 bits per heavy atom. The minimum atomic E-state index is -0.0807. The van der Waals surface area contributed by atoms with E-state index < -0.39 is 0 Å². The maximum Gasteiger partial charge on any atom is 0.221 e. The maximum absolute atomic E-state index is 11.1. The number of hydrogen-bond donors (Lipinski definition) is 2. The first-order chi connectivity index (χ1) is 8.25. The van der Waals surface area contributed by atoms with Crippen molar-refractivity contribution in [1.82, 2.24) is 5.32 Å². The molecule has 1 unspecified atom stereocenters. The van der Waals surface area contributed by atoms with Gasteiger partial charge >= 0.3 is 0 Å². The third-order valence-electron chi connectivity index (χ3n) is 2.74. The SMILES string of the molecule is CC(=O)Nc1ccccc1OC1CCCNC1. The first kappa shape index (κ1) is 11.9. The summed E-state index contributed by atoms with van der Waals surface area (Å²) in [6.45, 7) is 3.43. The second kappa shape index (κ2) is 5.68. The molecule has 1 saturated heterocycles. The zero-order valence-corrected chi connectivity index (χ0v) is 10.0. The van der Waals surface area contributed by atoms with Gasteiger partial charge in [0, 0.05) is 13.5 Å². The van der Waals surface area contributed by atoms with Crippen molar-refractivity contribution in [1.29, 1.82) is 0 Å².